The summed E-state index contributed by atoms with van der Waals surface area (Å²) in [5.74, 6) is 1.17. The van der Waals surface area contributed by atoms with Gasteiger partial charge in [0.25, 0.3) is 0 Å². The summed E-state index contributed by atoms with van der Waals surface area (Å²) in [5.41, 5.74) is 7.86. The Balaban J connectivity index is 2.27. The summed E-state index contributed by atoms with van der Waals surface area (Å²) in [6, 6.07) is 6.25. The van der Waals surface area contributed by atoms with Crippen molar-refractivity contribution in [1.29, 1.82) is 0 Å². The molecule has 2 N–H and O–H groups in total. The number of nitrogens with two attached hydrogens (primary N) is 1. The minimum atomic E-state index is 0.815. The SMILES string of the molecule is CCCCCSc1ccc(N)c2cnc(C)cc12. The van der Waals surface area contributed by atoms with Gasteiger partial charge in [0.2, 0.25) is 0 Å². The van der Waals surface area contributed by atoms with Crippen molar-refractivity contribution in [3.8, 4) is 0 Å². The number of nitrogens with zero attached hydrogens (tertiary/aromatic N) is 1. The van der Waals surface area contributed by atoms with E-state index in [-0.39, 0.29) is 0 Å². The van der Waals surface area contributed by atoms with Crippen LogP contribution in [0, 0.1) is 6.92 Å². The molecule has 1 aromatic heterocycles. The lowest BCUT2D eigenvalue weighted by Gasteiger charge is -2.09. The van der Waals surface area contributed by atoms with Crippen molar-refractivity contribution >= 4 is 28.2 Å². The van der Waals surface area contributed by atoms with Crippen LogP contribution in [-0.2, 0) is 0 Å². The van der Waals surface area contributed by atoms with Crippen LogP contribution < -0.4 is 5.73 Å². The normalized spacial score (nSPS) is 11.0. The van der Waals surface area contributed by atoms with Crippen LogP contribution in [0.5, 0.6) is 0 Å². The van der Waals surface area contributed by atoms with E-state index >= 15 is 0 Å². The van der Waals surface area contributed by atoms with E-state index in [0.717, 1.165) is 16.8 Å². The molecule has 0 aliphatic carbocycles. The lowest BCUT2D eigenvalue weighted by molar-refractivity contribution is 0.778. The number of aryl methyl sites for hydroxylation is 1. The van der Waals surface area contributed by atoms with Gasteiger partial charge in [0.1, 0.15) is 0 Å². The monoisotopic (exact) mass is 260 g/mol. The second-order valence-corrected chi connectivity index (χ2v) is 5.72. The van der Waals surface area contributed by atoms with Gasteiger partial charge in [-0.1, -0.05) is 19.8 Å². The Morgan fingerprint density at radius 1 is 1.22 bits per heavy atom. The Bertz CT molecular complexity index is 537. The molecule has 1 heterocycles. The van der Waals surface area contributed by atoms with Crippen LogP contribution in [0.25, 0.3) is 10.8 Å². The number of aromatic nitrogens is 1. The van der Waals surface area contributed by atoms with E-state index in [4.69, 9.17) is 5.73 Å². The standard InChI is InChI=1S/C15H20N2S/c1-3-4-5-8-18-15-7-6-14(16)13-10-17-11(2)9-12(13)15/h6-7,9-10H,3-5,8,16H2,1-2H3. The maximum atomic E-state index is 6.00. The summed E-state index contributed by atoms with van der Waals surface area (Å²) in [5, 5.41) is 2.31. The number of thioether (sulfide) groups is 1. The van der Waals surface area contributed by atoms with Crippen LogP contribution in [-0.4, -0.2) is 10.7 Å². The molecular formula is C15H20N2S. The van der Waals surface area contributed by atoms with Crippen molar-refractivity contribution < 1.29 is 0 Å². The third-order valence-electron chi connectivity index (χ3n) is 3.04. The summed E-state index contributed by atoms with van der Waals surface area (Å²) in [6.45, 7) is 4.26. The zero-order valence-corrected chi connectivity index (χ0v) is 11.9. The third-order valence-corrected chi connectivity index (χ3v) is 4.20. The van der Waals surface area contributed by atoms with Crippen molar-refractivity contribution in [1.82, 2.24) is 4.98 Å². The molecule has 0 saturated heterocycles. The second kappa shape index (κ2) is 6.10. The van der Waals surface area contributed by atoms with E-state index in [9.17, 15) is 0 Å². The molecule has 0 amide bonds. The number of benzene rings is 1. The molecule has 18 heavy (non-hydrogen) atoms. The van der Waals surface area contributed by atoms with Gasteiger partial charge >= 0.3 is 0 Å². The summed E-state index contributed by atoms with van der Waals surface area (Å²) in [4.78, 5) is 5.65. The van der Waals surface area contributed by atoms with Crippen LogP contribution in [0.1, 0.15) is 31.9 Å². The highest BCUT2D eigenvalue weighted by Gasteiger charge is 2.05. The Kier molecular flexibility index (Phi) is 4.48. The van der Waals surface area contributed by atoms with Gasteiger partial charge < -0.3 is 5.73 Å². The molecule has 0 unspecified atom stereocenters. The van der Waals surface area contributed by atoms with Crippen LogP contribution in [0.4, 0.5) is 5.69 Å². The number of hydrogen-bond donors (Lipinski definition) is 1. The van der Waals surface area contributed by atoms with Gasteiger partial charge in [0.15, 0.2) is 0 Å². The highest BCUT2D eigenvalue weighted by molar-refractivity contribution is 7.99. The molecule has 2 aromatic rings. The Morgan fingerprint density at radius 3 is 2.83 bits per heavy atom. The van der Waals surface area contributed by atoms with Crippen molar-refractivity contribution in [2.75, 3.05) is 11.5 Å². The molecule has 3 heteroatoms. The first kappa shape index (κ1) is 13.2. The van der Waals surface area contributed by atoms with Crippen LogP contribution in [0.15, 0.2) is 29.3 Å². The first-order valence-electron chi connectivity index (χ1n) is 6.50. The molecule has 96 valence electrons. The van der Waals surface area contributed by atoms with Gasteiger partial charge in [-0.15, -0.1) is 11.8 Å². The van der Waals surface area contributed by atoms with Crippen molar-refractivity contribution in [2.45, 2.75) is 38.0 Å². The number of nitrogen functional groups attached to an aromatic ring is 1. The van der Waals surface area contributed by atoms with Gasteiger partial charge in [0.05, 0.1) is 0 Å². The molecule has 0 aliphatic heterocycles. The number of hydrogen-bond acceptors (Lipinski definition) is 3. The predicted octanol–water partition coefficient (Wildman–Crippen LogP) is 4.41. The molecule has 0 bridgehead atoms. The maximum Gasteiger partial charge on any atom is 0.0410 e. The maximum absolute atomic E-state index is 6.00. The van der Waals surface area contributed by atoms with Crippen LogP contribution in [0.3, 0.4) is 0 Å². The van der Waals surface area contributed by atoms with Gasteiger partial charge in [-0.2, -0.15) is 0 Å². The molecule has 0 spiro atoms. The fourth-order valence-corrected chi connectivity index (χ4v) is 3.06. The number of fused-ring (bicyclic) bond motifs is 1. The molecule has 2 rings (SSSR count). The quantitative estimate of drug-likeness (QED) is 0.492. The van der Waals surface area contributed by atoms with Gasteiger partial charge in [-0.3, -0.25) is 4.98 Å². The molecule has 0 radical (unpaired) electrons. The van der Waals surface area contributed by atoms with Crippen LogP contribution in [0.2, 0.25) is 0 Å². The van der Waals surface area contributed by atoms with Gasteiger partial charge in [0, 0.05) is 33.2 Å². The summed E-state index contributed by atoms with van der Waals surface area (Å²) < 4.78 is 0. The fraction of sp³-hybridized carbons (Fsp3) is 0.400. The Labute approximate surface area is 113 Å². The molecule has 1 aromatic carbocycles. The van der Waals surface area contributed by atoms with Crippen molar-refractivity contribution in [2.24, 2.45) is 0 Å². The second-order valence-electron chi connectivity index (χ2n) is 4.58. The van der Waals surface area contributed by atoms with Crippen molar-refractivity contribution in [3.63, 3.8) is 0 Å². The van der Waals surface area contributed by atoms with E-state index in [1.165, 1.54) is 35.3 Å². The topological polar surface area (TPSA) is 38.9 Å². The fourth-order valence-electron chi connectivity index (χ4n) is 2.00. The lowest BCUT2D eigenvalue weighted by Crippen LogP contribution is -1.91. The number of anilines is 1. The van der Waals surface area contributed by atoms with E-state index in [2.05, 4.69) is 24.0 Å². The first-order valence-corrected chi connectivity index (χ1v) is 7.48. The number of unbranched alkanes of at least 4 members (excludes halogenated alkanes) is 2. The number of pyridine rings is 1. The van der Waals surface area contributed by atoms with E-state index < -0.39 is 0 Å². The molecule has 2 nitrogen and oxygen atoms in total. The number of rotatable bonds is 5. The first-order chi connectivity index (χ1) is 8.72. The minimum absolute atomic E-state index is 0.815. The highest BCUT2D eigenvalue weighted by atomic mass is 32.2. The van der Waals surface area contributed by atoms with Crippen LogP contribution >= 0.6 is 11.8 Å². The zero-order chi connectivity index (χ0) is 13.0. The minimum Gasteiger partial charge on any atom is -0.398 e. The summed E-state index contributed by atoms with van der Waals surface area (Å²) in [7, 11) is 0. The average Bonchev–Trinajstić information content (AvgIpc) is 2.37. The zero-order valence-electron chi connectivity index (χ0n) is 11.1. The molecule has 0 aliphatic rings. The predicted molar refractivity (Wildman–Crippen MR) is 81.1 cm³/mol. The largest absolute Gasteiger partial charge is 0.398 e. The highest BCUT2D eigenvalue weighted by Crippen LogP contribution is 2.32. The molecular weight excluding hydrogens is 240 g/mol. The molecule has 0 saturated carbocycles. The van der Waals surface area contributed by atoms with E-state index in [0.29, 0.717) is 0 Å². The Hall–Kier alpha value is -1.22. The van der Waals surface area contributed by atoms with Gasteiger partial charge in [-0.25, -0.2) is 0 Å². The summed E-state index contributed by atoms with van der Waals surface area (Å²) in [6.07, 6.45) is 5.74. The molecule has 0 fully saturated rings. The lowest BCUT2D eigenvalue weighted by atomic mass is 10.1. The molecule has 0 atom stereocenters. The third kappa shape index (κ3) is 2.96. The summed E-state index contributed by atoms with van der Waals surface area (Å²) >= 11 is 1.92. The van der Waals surface area contributed by atoms with Crippen molar-refractivity contribution in [3.05, 3.63) is 30.1 Å². The van der Waals surface area contributed by atoms with E-state index in [1.807, 2.05) is 30.9 Å². The van der Waals surface area contributed by atoms with E-state index in [1.54, 1.807) is 0 Å². The Morgan fingerprint density at radius 2 is 2.06 bits per heavy atom. The smallest absolute Gasteiger partial charge is 0.0410 e. The average molecular weight is 260 g/mol. The van der Waals surface area contributed by atoms with Gasteiger partial charge in [-0.05, 0) is 37.3 Å².